The molecule has 0 N–H and O–H groups in total. The van der Waals surface area contributed by atoms with E-state index in [4.69, 9.17) is 10.00 Å². The smallest absolute Gasteiger partial charge is 0.338 e. The Kier molecular flexibility index (Phi) is 5.04. The van der Waals surface area contributed by atoms with Crippen LogP contribution in [0.2, 0.25) is 0 Å². The quantitative estimate of drug-likeness (QED) is 0.626. The lowest BCUT2D eigenvalue weighted by atomic mass is 9.87. The third-order valence-corrected chi connectivity index (χ3v) is 3.56. The first-order valence-corrected chi connectivity index (χ1v) is 6.82. The molecule has 1 aromatic rings. The van der Waals surface area contributed by atoms with Gasteiger partial charge < -0.3 is 4.74 Å². The predicted octanol–water partition coefficient (Wildman–Crippen LogP) is 3.92. The molecule has 0 atom stereocenters. The maximum absolute atomic E-state index is 12.9. The Bertz CT molecular complexity index is 567. The molecule has 0 aromatic heterocycles. The number of hydrogen-bond acceptors (Lipinski definition) is 3. The maximum atomic E-state index is 12.9. The minimum atomic E-state index is -0.762. The number of esters is 1. The third kappa shape index (κ3) is 4.38. The number of carbonyl (C=O) groups is 1. The fraction of sp³-hybridized carbons (Fsp3) is 0.375. The molecule has 1 aliphatic rings. The number of ether oxygens (including phenoxy) is 1. The molecule has 3 nitrogen and oxygen atoms in total. The van der Waals surface area contributed by atoms with Gasteiger partial charge in [-0.25, -0.2) is 9.18 Å². The van der Waals surface area contributed by atoms with Crippen LogP contribution < -0.4 is 0 Å². The molecule has 1 fully saturated rings. The third-order valence-electron chi connectivity index (χ3n) is 3.56. The molecule has 1 aromatic carbocycles. The van der Waals surface area contributed by atoms with Crippen molar-refractivity contribution in [3.63, 3.8) is 0 Å². The van der Waals surface area contributed by atoms with E-state index in [1.54, 1.807) is 0 Å². The highest BCUT2D eigenvalue weighted by molar-refractivity contribution is 5.89. The van der Waals surface area contributed by atoms with Gasteiger partial charge in [0, 0.05) is 0 Å². The number of carbonyl (C=O) groups excluding carboxylic acids is 1. The van der Waals surface area contributed by atoms with Crippen molar-refractivity contribution >= 4 is 5.97 Å². The lowest BCUT2D eigenvalue weighted by Gasteiger charge is -2.26. The van der Waals surface area contributed by atoms with Crippen molar-refractivity contribution in [2.45, 2.75) is 31.8 Å². The second-order valence-electron chi connectivity index (χ2n) is 5.08. The summed E-state index contributed by atoms with van der Waals surface area (Å²) in [5.74, 6) is -1.62. The molecule has 0 radical (unpaired) electrons. The van der Waals surface area contributed by atoms with Crippen LogP contribution in [-0.2, 0) is 4.74 Å². The molecule has 5 heteroatoms. The van der Waals surface area contributed by atoms with E-state index in [0.29, 0.717) is 31.2 Å². The highest BCUT2D eigenvalue weighted by Gasteiger charge is 2.23. The van der Waals surface area contributed by atoms with E-state index in [-0.39, 0.29) is 12.0 Å². The van der Waals surface area contributed by atoms with Crippen molar-refractivity contribution in [2.75, 3.05) is 0 Å². The largest absolute Gasteiger partial charge is 0.459 e. The Balaban J connectivity index is 1.85. The zero-order valence-corrected chi connectivity index (χ0v) is 11.4. The van der Waals surface area contributed by atoms with Crippen molar-refractivity contribution in [3.8, 4) is 6.07 Å². The molecular weight excluding hydrogens is 276 g/mol. The van der Waals surface area contributed by atoms with Gasteiger partial charge in [0.2, 0.25) is 0 Å². The molecule has 0 bridgehead atoms. The van der Waals surface area contributed by atoms with Crippen molar-refractivity contribution in [3.05, 3.63) is 47.5 Å². The van der Waals surface area contributed by atoms with Crippen LogP contribution in [0.5, 0.6) is 0 Å². The number of nitriles is 1. The molecule has 0 spiro atoms. The Morgan fingerprint density at radius 2 is 1.86 bits per heavy atom. The minimum absolute atomic E-state index is 0.0189. The summed E-state index contributed by atoms with van der Waals surface area (Å²) >= 11 is 0. The molecule has 0 aliphatic heterocycles. The SMILES string of the molecule is N#C/C(F)=C/[C@H]1CC[C@H](OC(=O)c2ccc(F)cc2)CC1. The van der Waals surface area contributed by atoms with Crippen LogP contribution in [0.25, 0.3) is 0 Å². The van der Waals surface area contributed by atoms with Crippen molar-refractivity contribution in [2.24, 2.45) is 5.92 Å². The number of rotatable bonds is 3. The number of hydrogen-bond donors (Lipinski definition) is 0. The summed E-state index contributed by atoms with van der Waals surface area (Å²) in [4.78, 5) is 11.9. The summed E-state index contributed by atoms with van der Waals surface area (Å²) in [5.41, 5.74) is 0.314. The fourth-order valence-corrected chi connectivity index (χ4v) is 2.42. The van der Waals surface area contributed by atoms with Gasteiger partial charge in [0.25, 0.3) is 0 Å². The van der Waals surface area contributed by atoms with E-state index < -0.39 is 17.6 Å². The van der Waals surface area contributed by atoms with Gasteiger partial charge >= 0.3 is 5.97 Å². The van der Waals surface area contributed by atoms with Crippen molar-refractivity contribution in [1.29, 1.82) is 5.26 Å². The second-order valence-corrected chi connectivity index (χ2v) is 5.08. The number of halogens is 2. The van der Waals surface area contributed by atoms with Crippen molar-refractivity contribution < 1.29 is 18.3 Å². The molecule has 1 saturated carbocycles. The van der Waals surface area contributed by atoms with E-state index in [9.17, 15) is 13.6 Å². The Labute approximate surface area is 121 Å². The van der Waals surface area contributed by atoms with Crippen molar-refractivity contribution in [1.82, 2.24) is 0 Å². The Morgan fingerprint density at radius 3 is 2.43 bits per heavy atom. The molecule has 0 amide bonds. The molecule has 0 unspecified atom stereocenters. The molecule has 0 heterocycles. The highest BCUT2D eigenvalue weighted by atomic mass is 19.1. The monoisotopic (exact) mass is 291 g/mol. The van der Waals surface area contributed by atoms with Crippen LogP contribution in [0.1, 0.15) is 36.0 Å². The van der Waals surface area contributed by atoms with E-state index in [0.717, 1.165) is 0 Å². The molecule has 110 valence electrons. The Morgan fingerprint density at radius 1 is 1.24 bits per heavy atom. The summed E-state index contributed by atoms with van der Waals surface area (Å²) in [6.45, 7) is 0. The van der Waals surface area contributed by atoms with Crippen LogP contribution in [0.15, 0.2) is 36.2 Å². The van der Waals surface area contributed by atoms with E-state index in [2.05, 4.69) is 0 Å². The lowest BCUT2D eigenvalue weighted by molar-refractivity contribution is 0.0184. The summed E-state index contributed by atoms with van der Waals surface area (Å²) in [6.07, 6.45) is 3.74. The minimum Gasteiger partial charge on any atom is -0.459 e. The maximum Gasteiger partial charge on any atom is 0.338 e. The van der Waals surface area contributed by atoms with E-state index >= 15 is 0 Å². The van der Waals surface area contributed by atoms with E-state index in [1.165, 1.54) is 36.4 Å². The molecule has 1 aliphatic carbocycles. The summed E-state index contributed by atoms with van der Waals surface area (Å²) < 4.78 is 31.0. The fourth-order valence-electron chi connectivity index (χ4n) is 2.42. The predicted molar refractivity (Wildman–Crippen MR) is 72.4 cm³/mol. The van der Waals surface area contributed by atoms with Gasteiger partial charge in [0.1, 0.15) is 18.0 Å². The summed E-state index contributed by atoms with van der Waals surface area (Å²) in [5, 5.41) is 8.39. The topological polar surface area (TPSA) is 50.1 Å². The molecule has 0 saturated heterocycles. The van der Waals surface area contributed by atoms with Crippen LogP contribution in [-0.4, -0.2) is 12.1 Å². The standard InChI is InChI=1S/C16H15F2NO2/c17-13-5-3-12(4-6-13)16(20)21-15-7-1-11(2-8-15)9-14(18)10-19/h3-6,9,11,15H,1-2,7-8H2/b14-9-/t11-,15-. The van der Waals surface area contributed by atoms with Crippen LogP contribution in [0.3, 0.4) is 0 Å². The van der Waals surface area contributed by atoms with Gasteiger partial charge in [-0.3, -0.25) is 0 Å². The van der Waals surface area contributed by atoms with Crippen LogP contribution in [0.4, 0.5) is 8.78 Å². The summed E-state index contributed by atoms with van der Waals surface area (Å²) in [6, 6.07) is 6.65. The first-order valence-electron chi connectivity index (χ1n) is 6.82. The van der Waals surface area contributed by atoms with Gasteiger partial charge in [0.05, 0.1) is 5.56 Å². The van der Waals surface area contributed by atoms with Crippen LogP contribution in [0, 0.1) is 23.1 Å². The zero-order valence-electron chi connectivity index (χ0n) is 11.4. The molecular formula is C16H15F2NO2. The lowest BCUT2D eigenvalue weighted by Crippen LogP contribution is -2.24. The van der Waals surface area contributed by atoms with Gasteiger partial charge in [-0.1, -0.05) is 0 Å². The number of benzene rings is 1. The van der Waals surface area contributed by atoms with Gasteiger partial charge in [-0.05, 0) is 61.9 Å². The zero-order chi connectivity index (χ0) is 15.2. The second kappa shape index (κ2) is 6.98. The Hall–Kier alpha value is -2.22. The van der Waals surface area contributed by atoms with Gasteiger partial charge in [-0.2, -0.15) is 9.65 Å². The normalized spacial score (nSPS) is 22.4. The summed E-state index contributed by atoms with van der Waals surface area (Å²) in [7, 11) is 0. The number of allylic oxidation sites excluding steroid dienone is 2. The average Bonchev–Trinajstić information content (AvgIpc) is 2.49. The highest BCUT2D eigenvalue weighted by Crippen LogP contribution is 2.28. The first kappa shape index (κ1) is 15.2. The first-order chi connectivity index (χ1) is 10.1. The van der Waals surface area contributed by atoms with Gasteiger partial charge in [-0.15, -0.1) is 0 Å². The molecule has 2 rings (SSSR count). The van der Waals surface area contributed by atoms with Gasteiger partial charge in [0.15, 0.2) is 5.83 Å². The molecule has 21 heavy (non-hydrogen) atoms. The van der Waals surface area contributed by atoms with E-state index in [1.807, 2.05) is 0 Å². The van der Waals surface area contributed by atoms with Crippen LogP contribution >= 0.6 is 0 Å². The average molecular weight is 291 g/mol. The number of nitrogens with zero attached hydrogens (tertiary/aromatic N) is 1.